The lowest BCUT2D eigenvalue weighted by Crippen LogP contribution is -2.29. The van der Waals surface area contributed by atoms with Crippen LogP contribution in [0.2, 0.25) is 0 Å². The maximum Gasteiger partial charge on any atom is 0.224 e. The van der Waals surface area contributed by atoms with Crippen molar-refractivity contribution in [3.05, 3.63) is 78.2 Å². The van der Waals surface area contributed by atoms with Crippen molar-refractivity contribution in [2.75, 3.05) is 0 Å². The number of carbonyl (C=O) groups is 2. The van der Waals surface area contributed by atoms with E-state index in [0.29, 0.717) is 6.42 Å². The van der Waals surface area contributed by atoms with Gasteiger partial charge in [0.05, 0.1) is 12.5 Å². The van der Waals surface area contributed by atoms with Crippen LogP contribution >= 0.6 is 0 Å². The van der Waals surface area contributed by atoms with E-state index < -0.39 is 5.91 Å². The number of benzene rings is 2. The fourth-order valence-corrected chi connectivity index (χ4v) is 2.20. The van der Waals surface area contributed by atoms with Crippen molar-refractivity contribution in [2.45, 2.75) is 18.9 Å². The molecule has 0 unspecified atom stereocenters. The normalized spacial score (nSPS) is 10.4. The summed E-state index contributed by atoms with van der Waals surface area (Å²) in [6.45, 7) is 0. The van der Waals surface area contributed by atoms with Crippen molar-refractivity contribution in [2.24, 2.45) is 5.73 Å². The standard InChI is InChI=1S/C18H19N2O2/c19-16(21)12-7-13-17(22)20-18(14-8-3-1-4-9-14)15-10-5-2-6-11-15/h1-6,8-11,13,18H,7,12H2,(H2,19,21)(H,20,22). The van der Waals surface area contributed by atoms with Gasteiger partial charge in [-0.05, 0) is 17.5 Å². The van der Waals surface area contributed by atoms with Crippen LogP contribution in [0.3, 0.4) is 0 Å². The molecule has 0 atom stereocenters. The zero-order valence-electron chi connectivity index (χ0n) is 12.2. The number of hydrogen-bond acceptors (Lipinski definition) is 2. The summed E-state index contributed by atoms with van der Waals surface area (Å²) in [7, 11) is 0. The summed E-state index contributed by atoms with van der Waals surface area (Å²) in [5.41, 5.74) is 7.08. The third-order valence-corrected chi connectivity index (χ3v) is 3.27. The minimum Gasteiger partial charge on any atom is -0.370 e. The highest BCUT2D eigenvalue weighted by Crippen LogP contribution is 2.21. The summed E-state index contributed by atoms with van der Waals surface area (Å²) >= 11 is 0. The number of nitrogens with one attached hydrogen (secondary N) is 1. The first-order chi connectivity index (χ1) is 10.7. The summed E-state index contributed by atoms with van der Waals surface area (Å²) in [6, 6.07) is 19.3. The molecule has 0 saturated heterocycles. The Morgan fingerprint density at radius 2 is 1.45 bits per heavy atom. The number of primary amides is 1. The lowest BCUT2D eigenvalue weighted by atomic mass is 9.98. The molecule has 0 fully saturated rings. The van der Waals surface area contributed by atoms with Crippen LogP contribution in [0.5, 0.6) is 0 Å². The molecule has 1 radical (unpaired) electrons. The Morgan fingerprint density at radius 3 is 1.91 bits per heavy atom. The van der Waals surface area contributed by atoms with Gasteiger partial charge in [0.25, 0.3) is 0 Å². The van der Waals surface area contributed by atoms with Crippen LogP contribution in [-0.2, 0) is 9.59 Å². The van der Waals surface area contributed by atoms with E-state index in [-0.39, 0.29) is 18.4 Å². The van der Waals surface area contributed by atoms with Crippen LogP contribution in [0.15, 0.2) is 60.7 Å². The second kappa shape index (κ2) is 7.98. The predicted octanol–water partition coefficient (Wildman–Crippen LogP) is 2.36. The van der Waals surface area contributed by atoms with Gasteiger partial charge in [-0.1, -0.05) is 60.7 Å². The van der Waals surface area contributed by atoms with E-state index in [1.54, 1.807) is 0 Å². The molecule has 2 aromatic rings. The van der Waals surface area contributed by atoms with Gasteiger partial charge in [-0.15, -0.1) is 0 Å². The quantitative estimate of drug-likeness (QED) is 0.823. The summed E-state index contributed by atoms with van der Waals surface area (Å²) < 4.78 is 0. The molecule has 0 saturated carbocycles. The fraction of sp³-hybridized carbons (Fsp3) is 0.167. The minimum atomic E-state index is -0.410. The van der Waals surface area contributed by atoms with E-state index in [2.05, 4.69) is 5.32 Å². The maximum absolute atomic E-state index is 12.1. The molecule has 0 aliphatic rings. The van der Waals surface area contributed by atoms with E-state index >= 15 is 0 Å². The molecule has 4 nitrogen and oxygen atoms in total. The highest BCUT2D eigenvalue weighted by molar-refractivity contribution is 5.86. The van der Waals surface area contributed by atoms with Crippen molar-refractivity contribution in [3.63, 3.8) is 0 Å². The Hall–Kier alpha value is -2.62. The molecule has 0 aliphatic carbocycles. The maximum atomic E-state index is 12.1. The number of nitrogens with two attached hydrogens (primary N) is 1. The van der Waals surface area contributed by atoms with Crippen LogP contribution < -0.4 is 11.1 Å². The van der Waals surface area contributed by atoms with Gasteiger partial charge < -0.3 is 11.1 Å². The molecule has 4 heteroatoms. The van der Waals surface area contributed by atoms with Crippen LogP contribution in [0.25, 0.3) is 0 Å². The molecule has 0 spiro atoms. The molecule has 3 N–H and O–H groups in total. The van der Waals surface area contributed by atoms with Crippen molar-refractivity contribution in [1.29, 1.82) is 0 Å². The lowest BCUT2D eigenvalue weighted by Gasteiger charge is -2.19. The average Bonchev–Trinajstić information content (AvgIpc) is 2.54. The Labute approximate surface area is 130 Å². The molecule has 22 heavy (non-hydrogen) atoms. The van der Waals surface area contributed by atoms with Gasteiger partial charge in [-0.3, -0.25) is 9.59 Å². The van der Waals surface area contributed by atoms with Gasteiger partial charge in [0, 0.05) is 6.42 Å². The van der Waals surface area contributed by atoms with Gasteiger partial charge in [-0.2, -0.15) is 0 Å². The summed E-state index contributed by atoms with van der Waals surface area (Å²) in [4.78, 5) is 22.8. The number of amides is 2. The van der Waals surface area contributed by atoms with Gasteiger partial charge in [0.2, 0.25) is 11.8 Å². The van der Waals surface area contributed by atoms with Gasteiger partial charge in [-0.25, -0.2) is 0 Å². The molecule has 0 bridgehead atoms. The van der Waals surface area contributed by atoms with Gasteiger partial charge >= 0.3 is 0 Å². The molecule has 2 rings (SSSR count). The zero-order chi connectivity index (χ0) is 15.8. The second-order valence-corrected chi connectivity index (χ2v) is 4.97. The van der Waals surface area contributed by atoms with E-state index in [4.69, 9.17) is 5.73 Å². The van der Waals surface area contributed by atoms with E-state index in [9.17, 15) is 9.59 Å². The second-order valence-electron chi connectivity index (χ2n) is 4.97. The van der Waals surface area contributed by atoms with Crippen LogP contribution in [-0.4, -0.2) is 11.8 Å². The van der Waals surface area contributed by atoms with Crippen LogP contribution in [0.1, 0.15) is 30.0 Å². The predicted molar refractivity (Wildman–Crippen MR) is 85.6 cm³/mol. The van der Waals surface area contributed by atoms with Crippen molar-refractivity contribution in [3.8, 4) is 0 Å². The monoisotopic (exact) mass is 295 g/mol. The first-order valence-corrected chi connectivity index (χ1v) is 7.18. The first-order valence-electron chi connectivity index (χ1n) is 7.18. The van der Waals surface area contributed by atoms with Crippen molar-refractivity contribution < 1.29 is 9.59 Å². The third-order valence-electron chi connectivity index (χ3n) is 3.27. The number of rotatable bonds is 7. The molecule has 113 valence electrons. The summed E-state index contributed by atoms with van der Waals surface area (Å²) in [6.07, 6.45) is 1.98. The zero-order valence-corrected chi connectivity index (χ0v) is 12.2. The van der Waals surface area contributed by atoms with Crippen LogP contribution in [0, 0.1) is 6.42 Å². The minimum absolute atomic E-state index is 0.175. The molecule has 0 aliphatic heterocycles. The SMILES string of the molecule is NC(=O)CC[CH]C(=O)NC(c1ccccc1)c1ccccc1. The smallest absolute Gasteiger partial charge is 0.224 e. The summed E-state index contributed by atoms with van der Waals surface area (Å²) in [5.74, 6) is -0.620. The highest BCUT2D eigenvalue weighted by Gasteiger charge is 2.16. The van der Waals surface area contributed by atoms with Crippen LogP contribution in [0.4, 0.5) is 0 Å². The molecule has 0 heterocycles. The topological polar surface area (TPSA) is 72.2 Å². The highest BCUT2D eigenvalue weighted by atomic mass is 16.2. The van der Waals surface area contributed by atoms with Gasteiger partial charge in [0.1, 0.15) is 0 Å². The Morgan fingerprint density at radius 1 is 0.955 bits per heavy atom. The molecular weight excluding hydrogens is 276 g/mol. The van der Waals surface area contributed by atoms with Crippen molar-refractivity contribution in [1.82, 2.24) is 5.32 Å². The molecular formula is C18H19N2O2. The van der Waals surface area contributed by atoms with Crippen molar-refractivity contribution >= 4 is 11.8 Å². The number of carbonyl (C=O) groups excluding carboxylic acids is 2. The fourth-order valence-electron chi connectivity index (χ4n) is 2.20. The largest absolute Gasteiger partial charge is 0.370 e. The third kappa shape index (κ3) is 4.74. The summed E-state index contributed by atoms with van der Waals surface area (Å²) in [5, 5.41) is 2.98. The van der Waals surface area contributed by atoms with E-state index in [0.717, 1.165) is 11.1 Å². The molecule has 0 aromatic heterocycles. The van der Waals surface area contributed by atoms with E-state index in [1.165, 1.54) is 6.42 Å². The molecule has 2 amide bonds. The molecule has 2 aromatic carbocycles. The first kappa shape index (κ1) is 15.8. The Balaban J connectivity index is 2.09. The lowest BCUT2D eigenvalue weighted by molar-refractivity contribution is -0.118. The van der Waals surface area contributed by atoms with Gasteiger partial charge in [0.15, 0.2) is 0 Å². The Kier molecular flexibility index (Phi) is 5.72. The Bertz CT molecular complexity index is 572. The van der Waals surface area contributed by atoms with E-state index in [1.807, 2.05) is 60.7 Å². The average molecular weight is 295 g/mol. The number of hydrogen-bond donors (Lipinski definition) is 2.